The van der Waals surface area contributed by atoms with Crippen LogP contribution in [0.3, 0.4) is 0 Å². The van der Waals surface area contributed by atoms with Gasteiger partial charge in [0.2, 0.25) is 9.84 Å². The summed E-state index contributed by atoms with van der Waals surface area (Å²) in [5, 5.41) is 10.4. The van der Waals surface area contributed by atoms with Crippen LogP contribution < -0.4 is 4.74 Å². The van der Waals surface area contributed by atoms with Gasteiger partial charge in [-0.2, -0.15) is 0 Å². The van der Waals surface area contributed by atoms with Crippen LogP contribution in [-0.2, 0) is 9.84 Å². The summed E-state index contributed by atoms with van der Waals surface area (Å²) in [4.78, 5) is 11.4. The van der Waals surface area contributed by atoms with E-state index in [1.165, 1.54) is 37.5 Å². The number of benzene rings is 1. The fourth-order valence-corrected chi connectivity index (χ4v) is 3.79. The first-order valence-electron chi connectivity index (χ1n) is 7.93. The monoisotopic (exact) mass is 338 g/mol. The zero-order chi connectivity index (χ0) is 16.9. The summed E-state index contributed by atoms with van der Waals surface area (Å²) in [5.41, 5.74) is 0.340. The van der Waals surface area contributed by atoms with E-state index in [-0.39, 0.29) is 16.2 Å². The van der Waals surface area contributed by atoms with E-state index in [0.717, 1.165) is 24.7 Å². The molecule has 0 aromatic heterocycles. The van der Waals surface area contributed by atoms with Crippen molar-refractivity contribution in [3.05, 3.63) is 28.7 Å². The minimum Gasteiger partial charge on any atom is -0.492 e. The Morgan fingerprint density at radius 2 is 1.83 bits per heavy atom. The van der Waals surface area contributed by atoms with Gasteiger partial charge in [-0.1, -0.05) is 39.0 Å². The molecule has 1 aliphatic heterocycles. The van der Waals surface area contributed by atoms with Crippen molar-refractivity contribution in [2.24, 2.45) is 0 Å². The second-order valence-corrected chi connectivity index (χ2v) is 7.43. The molecule has 0 saturated heterocycles. The van der Waals surface area contributed by atoms with E-state index < -0.39 is 15.8 Å². The van der Waals surface area contributed by atoms with Crippen LogP contribution >= 0.6 is 0 Å². The number of hydrogen-bond donors (Lipinski definition) is 1. The van der Waals surface area contributed by atoms with Gasteiger partial charge in [0.15, 0.2) is 0 Å². The lowest BCUT2D eigenvalue weighted by molar-refractivity contribution is 0.0692. The highest BCUT2D eigenvalue weighted by Crippen LogP contribution is 2.36. The van der Waals surface area contributed by atoms with E-state index in [1.54, 1.807) is 0 Å². The molecule has 5 nitrogen and oxygen atoms in total. The van der Waals surface area contributed by atoms with Crippen molar-refractivity contribution in [3.63, 3.8) is 0 Å². The van der Waals surface area contributed by atoms with Gasteiger partial charge in [0, 0.05) is 11.0 Å². The minimum absolute atomic E-state index is 0.00326. The van der Waals surface area contributed by atoms with Gasteiger partial charge in [0.25, 0.3) is 0 Å². The molecule has 0 radical (unpaired) electrons. The number of rotatable bonds is 9. The Labute approximate surface area is 136 Å². The molecular weight excluding hydrogens is 316 g/mol. The Hall–Kier alpha value is -1.82. The van der Waals surface area contributed by atoms with E-state index in [2.05, 4.69) is 6.92 Å². The van der Waals surface area contributed by atoms with E-state index >= 15 is 0 Å². The van der Waals surface area contributed by atoms with Gasteiger partial charge in [-0.15, -0.1) is 0 Å². The maximum atomic E-state index is 11.9. The molecule has 1 N–H and O–H groups in total. The third-order valence-electron chi connectivity index (χ3n) is 3.85. The molecule has 0 aliphatic carbocycles. The molecule has 0 unspecified atom stereocenters. The fraction of sp³-hybridized carbons (Fsp3) is 0.471. The van der Waals surface area contributed by atoms with Crippen LogP contribution in [0.1, 0.15) is 61.4 Å². The molecule has 0 fully saturated rings. The Balaban J connectivity index is 2.07. The molecule has 0 amide bonds. The number of aromatic carboxylic acids is 1. The zero-order valence-electron chi connectivity index (χ0n) is 13.2. The lowest BCUT2D eigenvalue weighted by Gasteiger charge is -2.13. The number of carboxylic acid groups (broad SMARTS) is 1. The van der Waals surface area contributed by atoms with E-state index in [9.17, 15) is 18.3 Å². The summed E-state index contributed by atoms with van der Waals surface area (Å²) in [6, 6.07) is 2.62. The van der Waals surface area contributed by atoms with Crippen LogP contribution in [0.5, 0.6) is 5.75 Å². The normalized spacial score (nSPS) is 14.7. The molecule has 23 heavy (non-hydrogen) atoms. The summed E-state index contributed by atoms with van der Waals surface area (Å²) < 4.78 is 29.4. The Morgan fingerprint density at radius 1 is 1.13 bits per heavy atom. The topological polar surface area (TPSA) is 80.7 Å². The summed E-state index contributed by atoms with van der Waals surface area (Å²) in [6.07, 6.45) is 7.99. The second-order valence-electron chi connectivity index (χ2n) is 5.62. The van der Waals surface area contributed by atoms with Crippen LogP contribution in [0.15, 0.2) is 22.4 Å². The maximum Gasteiger partial charge on any atom is 0.339 e. The molecule has 6 heteroatoms. The number of ether oxygens (including phenoxy) is 1. The fourth-order valence-electron chi connectivity index (χ4n) is 2.60. The van der Waals surface area contributed by atoms with E-state index in [4.69, 9.17) is 4.74 Å². The first kappa shape index (κ1) is 17.5. The number of hydrogen-bond acceptors (Lipinski definition) is 4. The Kier molecular flexibility index (Phi) is 5.82. The largest absolute Gasteiger partial charge is 0.492 e. The number of sulfone groups is 1. The van der Waals surface area contributed by atoms with Gasteiger partial charge in [0.1, 0.15) is 11.3 Å². The molecule has 0 atom stereocenters. The SMILES string of the molecule is CCCCCCCCOc1c(C(=O)O)ccc2c1C=CS2(=O)=O. The maximum absolute atomic E-state index is 11.9. The first-order valence-corrected chi connectivity index (χ1v) is 9.48. The van der Waals surface area contributed by atoms with Crippen molar-refractivity contribution in [1.29, 1.82) is 0 Å². The van der Waals surface area contributed by atoms with Crippen LogP contribution in [0.4, 0.5) is 0 Å². The molecule has 126 valence electrons. The molecule has 2 rings (SSSR count). The quantitative estimate of drug-likeness (QED) is 0.691. The Bertz CT molecular complexity index is 704. The second kappa shape index (κ2) is 7.64. The average molecular weight is 338 g/mol. The summed E-state index contributed by atoms with van der Waals surface area (Å²) in [6.45, 7) is 2.55. The van der Waals surface area contributed by atoms with Gasteiger partial charge < -0.3 is 9.84 Å². The van der Waals surface area contributed by atoms with Crippen molar-refractivity contribution in [2.75, 3.05) is 6.61 Å². The van der Waals surface area contributed by atoms with Gasteiger partial charge >= 0.3 is 5.97 Å². The molecule has 1 aliphatic rings. The number of carboxylic acids is 1. The van der Waals surface area contributed by atoms with Crippen molar-refractivity contribution in [3.8, 4) is 5.75 Å². The summed E-state index contributed by atoms with van der Waals surface area (Å²) in [7, 11) is -3.47. The highest BCUT2D eigenvalue weighted by atomic mass is 32.2. The number of unbranched alkanes of at least 4 members (excludes halogenated alkanes) is 5. The smallest absolute Gasteiger partial charge is 0.339 e. The van der Waals surface area contributed by atoms with Crippen LogP contribution in [-0.4, -0.2) is 26.1 Å². The van der Waals surface area contributed by atoms with Gasteiger partial charge in [-0.3, -0.25) is 0 Å². The lowest BCUT2D eigenvalue weighted by atomic mass is 10.1. The Morgan fingerprint density at radius 3 is 2.52 bits per heavy atom. The standard InChI is InChI=1S/C17H22O5S/c1-2-3-4-5-6-7-11-22-16-13-10-12-23(20,21)15(13)9-8-14(16)17(18)19/h8-10,12H,2-7,11H2,1H3,(H,18,19). The van der Waals surface area contributed by atoms with E-state index in [0.29, 0.717) is 12.2 Å². The molecular formula is C17H22O5S. The average Bonchev–Trinajstić information content (AvgIpc) is 2.82. The molecule has 1 aromatic carbocycles. The molecule has 0 bridgehead atoms. The van der Waals surface area contributed by atoms with Crippen LogP contribution in [0.2, 0.25) is 0 Å². The van der Waals surface area contributed by atoms with Crippen molar-refractivity contribution < 1.29 is 23.1 Å². The minimum atomic E-state index is -3.47. The molecule has 1 aromatic rings. The van der Waals surface area contributed by atoms with Gasteiger partial charge in [0.05, 0.1) is 11.5 Å². The van der Waals surface area contributed by atoms with Crippen LogP contribution in [0.25, 0.3) is 6.08 Å². The molecule has 0 saturated carbocycles. The third kappa shape index (κ3) is 4.13. The predicted molar refractivity (Wildman–Crippen MR) is 88.5 cm³/mol. The highest BCUT2D eigenvalue weighted by molar-refractivity contribution is 7.94. The van der Waals surface area contributed by atoms with Crippen molar-refractivity contribution >= 4 is 21.9 Å². The first-order chi connectivity index (χ1) is 11.0. The van der Waals surface area contributed by atoms with E-state index in [1.807, 2.05) is 0 Å². The van der Waals surface area contributed by atoms with Crippen LogP contribution in [0, 0.1) is 0 Å². The third-order valence-corrected chi connectivity index (χ3v) is 5.31. The molecule has 0 spiro atoms. The van der Waals surface area contributed by atoms with Crippen molar-refractivity contribution in [2.45, 2.75) is 50.3 Å². The molecule has 1 heterocycles. The predicted octanol–water partition coefficient (Wildman–Crippen LogP) is 3.88. The van der Waals surface area contributed by atoms with Gasteiger partial charge in [-0.25, -0.2) is 13.2 Å². The van der Waals surface area contributed by atoms with Gasteiger partial charge in [-0.05, 0) is 24.6 Å². The number of carbonyl (C=O) groups is 1. The highest BCUT2D eigenvalue weighted by Gasteiger charge is 2.27. The zero-order valence-corrected chi connectivity index (χ0v) is 14.1. The van der Waals surface area contributed by atoms with Crippen molar-refractivity contribution in [1.82, 2.24) is 0 Å². The number of fused-ring (bicyclic) bond motifs is 1. The lowest BCUT2D eigenvalue weighted by Crippen LogP contribution is -2.07. The summed E-state index contributed by atoms with van der Waals surface area (Å²) in [5.74, 6) is -0.968. The summed E-state index contributed by atoms with van der Waals surface area (Å²) >= 11 is 0.